The van der Waals surface area contributed by atoms with E-state index in [4.69, 9.17) is 10.00 Å². The molecule has 138 valence electrons. The monoisotopic (exact) mass is 361 g/mol. The van der Waals surface area contributed by atoms with Crippen LogP contribution in [0.15, 0.2) is 41.9 Å². The number of anilines is 1. The fraction of sp³-hybridized carbons (Fsp3) is 0.235. The number of ether oxygens (including phenoxy) is 1. The summed E-state index contributed by atoms with van der Waals surface area (Å²) in [5, 5.41) is 30.3. The van der Waals surface area contributed by atoms with Crippen molar-refractivity contribution in [1.29, 1.82) is 5.26 Å². The molecule has 0 unspecified atom stereocenters. The fourth-order valence-electron chi connectivity index (χ4n) is 1.90. The van der Waals surface area contributed by atoms with Gasteiger partial charge in [0.2, 0.25) is 5.91 Å². The number of methoxy groups -OCH3 is 1. The summed E-state index contributed by atoms with van der Waals surface area (Å²) in [7, 11) is 2.80. The number of nitrogens with zero attached hydrogens (tertiary/aromatic N) is 1. The Morgan fingerprint density at radius 1 is 1.27 bits per heavy atom. The second-order valence-corrected chi connectivity index (χ2v) is 4.84. The second-order valence-electron chi connectivity index (χ2n) is 4.84. The average Bonchev–Trinajstić information content (AvgIpc) is 2.63. The molecule has 0 saturated carbocycles. The maximum atomic E-state index is 12.0. The van der Waals surface area contributed by atoms with Gasteiger partial charge in [0.25, 0.3) is 0 Å². The average molecular weight is 361 g/mol. The van der Waals surface area contributed by atoms with E-state index in [2.05, 4.69) is 15.6 Å². The number of aromatic carboxylic acids is 1. The molecule has 0 bridgehead atoms. The molecule has 0 aliphatic heterocycles. The number of carbonyl (C=O) groups is 2. The maximum Gasteiger partial charge on any atom is 0.337 e. The van der Waals surface area contributed by atoms with Crippen molar-refractivity contribution in [3.63, 3.8) is 0 Å². The molecule has 0 aliphatic rings. The molecule has 0 fully saturated rings. The summed E-state index contributed by atoms with van der Waals surface area (Å²) < 4.78 is 4.99. The fourth-order valence-corrected chi connectivity index (χ4v) is 1.90. The summed E-state index contributed by atoms with van der Waals surface area (Å²) >= 11 is 0. The Kier molecular flexibility index (Phi) is 8.36. The summed E-state index contributed by atoms with van der Waals surface area (Å²) in [6.07, 6.45) is 2.52. The summed E-state index contributed by atoms with van der Waals surface area (Å²) in [5.41, 5.74) is 2.56. The SMILES string of the molecule is CONC/C=C(OC)\C(O)=C/CC(=O)Nc1ccc(C#N)cc1C(=O)O. The first-order chi connectivity index (χ1) is 12.4. The van der Waals surface area contributed by atoms with Crippen LogP contribution in [-0.4, -0.2) is 42.9 Å². The molecule has 1 aromatic rings. The predicted octanol–water partition coefficient (Wildman–Crippen LogP) is 1.71. The van der Waals surface area contributed by atoms with Crippen LogP contribution in [-0.2, 0) is 14.4 Å². The third kappa shape index (κ3) is 6.27. The number of aliphatic hydroxyl groups is 1. The molecule has 0 saturated heterocycles. The lowest BCUT2D eigenvalue weighted by Crippen LogP contribution is -2.14. The highest BCUT2D eigenvalue weighted by molar-refractivity contribution is 6.01. The number of carboxylic acid groups (broad SMARTS) is 1. The molecule has 0 aliphatic carbocycles. The molecule has 0 heterocycles. The number of aliphatic hydroxyl groups excluding tert-OH is 1. The highest BCUT2D eigenvalue weighted by Crippen LogP contribution is 2.18. The molecule has 0 spiro atoms. The Labute approximate surface area is 150 Å². The number of benzene rings is 1. The van der Waals surface area contributed by atoms with Gasteiger partial charge in [-0.15, -0.1) is 0 Å². The van der Waals surface area contributed by atoms with E-state index < -0.39 is 11.9 Å². The van der Waals surface area contributed by atoms with E-state index >= 15 is 0 Å². The number of carboxylic acids is 1. The minimum Gasteiger partial charge on any atom is -0.504 e. The van der Waals surface area contributed by atoms with Crippen molar-refractivity contribution in [2.45, 2.75) is 6.42 Å². The van der Waals surface area contributed by atoms with Gasteiger partial charge in [0.15, 0.2) is 11.5 Å². The zero-order chi connectivity index (χ0) is 19.5. The maximum absolute atomic E-state index is 12.0. The van der Waals surface area contributed by atoms with Crippen molar-refractivity contribution in [2.24, 2.45) is 0 Å². The summed E-state index contributed by atoms with van der Waals surface area (Å²) in [5.74, 6) is -1.92. The zero-order valence-corrected chi connectivity index (χ0v) is 14.3. The van der Waals surface area contributed by atoms with Crippen LogP contribution in [0.4, 0.5) is 5.69 Å². The van der Waals surface area contributed by atoms with Gasteiger partial charge in [0.1, 0.15) is 0 Å². The van der Waals surface area contributed by atoms with Gasteiger partial charge in [-0.25, -0.2) is 4.79 Å². The van der Waals surface area contributed by atoms with Crippen LogP contribution >= 0.6 is 0 Å². The van der Waals surface area contributed by atoms with Gasteiger partial charge < -0.3 is 25.1 Å². The van der Waals surface area contributed by atoms with Crippen molar-refractivity contribution < 1.29 is 29.4 Å². The van der Waals surface area contributed by atoms with E-state index in [-0.39, 0.29) is 41.3 Å². The lowest BCUT2D eigenvalue weighted by atomic mass is 10.1. The number of carbonyl (C=O) groups excluding carboxylic acids is 1. The topological polar surface area (TPSA) is 141 Å². The van der Waals surface area contributed by atoms with Crippen molar-refractivity contribution >= 4 is 17.6 Å². The molecule has 9 nitrogen and oxygen atoms in total. The number of rotatable bonds is 9. The number of hydroxylamine groups is 1. The van der Waals surface area contributed by atoms with Crippen molar-refractivity contribution in [1.82, 2.24) is 5.48 Å². The van der Waals surface area contributed by atoms with E-state index in [0.29, 0.717) is 0 Å². The van der Waals surface area contributed by atoms with Crippen molar-refractivity contribution in [3.05, 3.63) is 53.0 Å². The van der Waals surface area contributed by atoms with E-state index in [0.717, 1.165) is 0 Å². The van der Waals surface area contributed by atoms with Gasteiger partial charge >= 0.3 is 5.97 Å². The molecule has 1 amide bonds. The Balaban J connectivity index is 2.82. The molecular formula is C17H19N3O6. The number of amides is 1. The van der Waals surface area contributed by atoms with E-state index in [9.17, 15) is 19.8 Å². The highest BCUT2D eigenvalue weighted by atomic mass is 16.6. The van der Waals surface area contributed by atoms with Crippen LogP contribution in [0.5, 0.6) is 0 Å². The number of hydrogen-bond acceptors (Lipinski definition) is 7. The molecule has 0 radical (unpaired) electrons. The third-order valence-electron chi connectivity index (χ3n) is 3.12. The third-order valence-corrected chi connectivity index (χ3v) is 3.12. The molecule has 1 rings (SSSR count). The minimum atomic E-state index is -1.27. The van der Waals surface area contributed by atoms with Gasteiger partial charge in [-0.3, -0.25) is 4.79 Å². The molecule has 4 N–H and O–H groups in total. The van der Waals surface area contributed by atoms with Crippen LogP contribution in [0.3, 0.4) is 0 Å². The van der Waals surface area contributed by atoms with Gasteiger partial charge in [-0.05, 0) is 30.4 Å². The number of hydrogen-bond donors (Lipinski definition) is 4. The van der Waals surface area contributed by atoms with Gasteiger partial charge in [0, 0.05) is 13.0 Å². The highest BCUT2D eigenvalue weighted by Gasteiger charge is 2.13. The van der Waals surface area contributed by atoms with Crippen molar-refractivity contribution in [3.8, 4) is 6.07 Å². The van der Waals surface area contributed by atoms with Crippen LogP contribution < -0.4 is 10.8 Å². The Bertz CT molecular complexity index is 764. The number of nitriles is 1. The van der Waals surface area contributed by atoms with Gasteiger partial charge in [-0.1, -0.05) is 0 Å². The van der Waals surface area contributed by atoms with Crippen LogP contribution in [0, 0.1) is 11.3 Å². The standard InChI is InChI=1S/C17H19N3O6/c1-25-15(7-8-19-26-2)14(21)5-6-16(22)20-13-4-3-11(10-18)9-12(13)17(23)24/h3-5,7,9,19,21H,6,8H2,1-2H3,(H,20,22)(H,23,24)/b14-5+,15-7+. The first kappa shape index (κ1) is 20.7. The largest absolute Gasteiger partial charge is 0.504 e. The molecule has 9 heteroatoms. The Morgan fingerprint density at radius 2 is 2.00 bits per heavy atom. The van der Waals surface area contributed by atoms with E-state index in [1.165, 1.54) is 44.6 Å². The lowest BCUT2D eigenvalue weighted by Gasteiger charge is -2.09. The van der Waals surface area contributed by atoms with Crippen LogP contribution in [0.25, 0.3) is 0 Å². The quantitative estimate of drug-likeness (QED) is 0.225. The molecule has 0 atom stereocenters. The lowest BCUT2D eigenvalue weighted by molar-refractivity contribution is -0.115. The first-order valence-corrected chi connectivity index (χ1v) is 7.39. The van der Waals surface area contributed by atoms with Gasteiger partial charge in [-0.2, -0.15) is 10.7 Å². The summed E-state index contributed by atoms with van der Waals surface area (Å²) in [6.45, 7) is 0.275. The smallest absolute Gasteiger partial charge is 0.337 e. The number of nitrogens with one attached hydrogen (secondary N) is 2. The van der Waals surface area contributed by atoms with Crippen molar-refractivity contribution in [2.75, 3.05) is 26.1 Å². The van der Waals surface area contributed by atoms with E-state index in [1.807, 2.05) is 6.07 Å². The van der Waals surface area contributed by atoms with E-state index in [1.54, 1.807) is 0 Å². The Hall–Kier alpha value is -3.35. The molecule has 0 aromatic heterocycles. The van der Waals surface area contributed by atoms with Gasteiger partial charge in [0.05, 0.1) is 37.1 Å². The van der Waals surface area contributed by atoms with Crippen LogP contribution in [0.2, 0.25) is 0 Å². The molecule has 26 heavy (non-hydrogen) atoms. The first-order valence-electron chi connectivity index (χ1n) is 7.39. The minimum absolute atomic E-state index is 0.0567. The summed E-state index contributed by atoms with van der Waals surface area (Å²) in [6, 6.07) is 5.72. The summed E-state index contributed by atoms with van der Waals surface area (Å²) in [4.78, 5) is 27.9. The molecular weight excluding hydrogens is 342 g/mol. The predicted molar refractivity (Wildman–Crippen MR) is 92.2 cm³/mol. The molecule has 1 aromatic carbocycles. The zero-order valence-electron chi connectivity index (χ0n) is 14.3. The normalized spacial score (nSPS) is 11.6. The van der Waals surface area contributed by atoms with Crippen LogP contribution in [0.1, 0.15) is 22.3 Å². The Morgan fingerprint density at radius 3 is 2.58 bits per heavy atom. The second kappa shape index (κ2) is 10.5.